The van der Waals surface area contributed by atoms with Gasteiger partial charge in [0, 0.05) is 37.6 Å². The zero-order valence-corrected chi connectivity index (χ0v) is 21.8. The maximum Gasteiger partial charge on any atom is 0.246 e. The first-order valence-corrected chi connectivity index (χ1v) is 12.8. The molecule has 1 aromatic carbocycles. The highest BCUT2D eigenvalue weighted by atomic mass is 16.2. The molecule has 1 N–H and O–H groups in total. The normalized spacial score (nSPS) is 15.6. The molecule has 1 aliphatic rings. The van der Waals surface area contributed by atoms with Crippen molar-refractivity contribution < 1.29 is 4.79 Å². The predicted molar refractivity (Wildman–Crippen MR) is 149 cm³/mol. The number of fused-ring (bicyclic) bond motifs is 2. The number of nitrogens with zero attached hydrogens (tertiary/aromatic N) is 9. The van der Waals surface area contributed by atoms with Gasteiger partial charge in [-0.1, -0.05) is 12.6 Å². The Morgan fingerprint density at radius 3 is 2.85 bits per heavy atom. The number of carbonyl (C=O) groups excluding carboxylic acids is 1. The largest absolute Gasteiger partial charge is 0.338 e. The van der Waals surface area contributed by atoms with Crippen LogP contribution in [-0.4, -0.2) is 71.0 Å². The average molecular weight is 521 g/mol. The van der Waals surface area contributed by atoms with Crippen LogP contribution in [0.5, 0.6) is 0 Å². The summed E-state index contributed by atoms with van der Waals surface area (Å²) < 4.78 is 1.76. The van der Waals surface area contributed by atoms with E-state index >= 15 is 0 Å². The number of hydrogen-bond acceptors (Lipinski definition) is 9. The van der Waals surface area contributed by atoms with E-state index in [1.165, 1.54) is 23.5 Å². The third-order valence-electron chi connectivity index (χ3n) is 7.08. The Kier molecular flexibility index (Phi) is 6.31. The van der Waals surface area contributed by atoms with Gasteiger partial charge < -0.3 is 15.1 Å². The summed E-state index contributed by atoms with van der Waals surface area (Å²) in [6.45, 7) is 9.57. The van der Waals surface area contributed by atoms with Gasteiger partial charge in [-0.15, -0.1) is 0 Å². The highest BCUT2D eigenvalue weighted by Crippen LogP contribution is 2.26. The second-order valence-corrected chi connectivity index (χ2v) is 9.70. The summed E-state index contributed by atoms with van der Waals surface area (Å²) >= 11 is 0. The molecule has 6 rings (SSSR count). The van der Waals surface area contributed by atoms with Crippen LogP contribution >= 0.6 is 0 Å². The number of aromatic nitrogens is 7. The molecule has 0 bridgehead atoms. The van der Waals surface area contributed by atoms with Gasteiger partial charge in [0.1, 0.15) is 23.7 Å². The summed E-state index contributed by atoms with van der Waals surface area (Å²) in [6.07, 6.45) is 8.88. The lowest BCUT2D eigenvalue weighted by Crippen LogP contribution is -2.54. The van der Waals surface area contributed by atoms with Crippen LogP contribution in [0.2, 0.25) is 0 Å². The van der Waals surface area contributed by atoms with Crippen LogP contribution in [0, 0.1) is 6.92 Å². The van der Waals surface area contributed by atoms with Crippen LogP contribution in [0.3, 0.4) is 0 Å². The molecule has 1 saturated heterocycles. The minimum Gasteiger partial charge on any atom is -0.338 e. The molecule has 0 saturated carbocycles. The van der Waals surface area contributed by atoms with Gasteiger partial charge in [-0.3, -0.25) is 4.79 Å². The minimum absolute atomic E-state index is 0.0569. The summed E-state index contributed by atoms with van der Waals surface area (Å²) in [4.78, 5) is 38.5. The molecule has 11 heteroatoms. The zero-order chi connectivity index (χ0) is 26.9. The lowest BCUT2D eigenvalue weighted by atomic mass is 10.0. The Morgan fingerprint density at radius 1 is 1.13 bits per heavy atom. The Morgan fingerprint density at radius 2 is 2.03 bits per heavy atom. The van der Waals surface area contributed by atoms with E-state index in [0.717, 1.165) is 23.3 Å². The zero-order valence-electron chi connectivity index (χ0n) is 21.8. The number of nitrogens with one attached hydrogen (secondary N) is 1. The molecule has 0 spiro atoms. The first kappa shape index (κ1) is 24.4. The van der Waals surface area contributed by atoms with Gasteiger partial charge in [0.15, 0.2) is 11.5 Å². The maximum atomic E-state index is 12.0. The summed E-state index contributed by atoms with van der Waals surface area (Å²) in [5, 5.41) is 7.59. The number of rotatable bonds is 6. The van der Waals surface area contributed by atoms with E-state index in [1.54, 1.807) is 21.9 Å². The Bertz CT molecular complexity index is 1700. The number of carbonyl (C=O) groups is 1. The molecule has 1 aliphatic heterocycles. The topological polar surface area (TPSA) is 117 Å². The summed E-state index contributed by atoms with van der Waals surface area (Å²) in [7, 11) is 0. The molecule has 1 unspecified atom stereocenters. The van der Waals surface area contributed by atoms with Crippen molar-refractivity contribution in [1.29, 1.82) is 0 Å². The molecule has 4 aromatic heterocycles. The number of benzene rings is 1. The lowest BCUT2D eigenvalue weighted by Gasteiger charge is -2.39. The van der Waals surface area contributed by atoms with Crippen LogP contribution < -0.4 is 10.2 Å². The second kappa shape index (κ2) is 10.1. The monoisotopic (exact) mass is 520 g/mol. The highest BCUT2D eigenvalue weighted by molar-refractivity contribution is 5.88. The van der Waals surface area contributed by atoms with E-state index in [0.29, 0.717) is 42.4 Å². The van der Waals surface area contributed by atoms with E-state index in [1.807, 2.05) is 12.3 Å². The molecule has 39 heavy (non-hydrogen) atoms. The summed E-state index contributed by atoms with van der Waals surface area (Å²) in [5.74, 6) is 1.15. The fraction of sp³-hybridized carbons (Fsp3) is 0.250. The first-order valence-electron chi connectivity index (χ1n) is 12.8. The second-order valence-electron chi connectivity index (χ2n) is 9.70. The standard InChI is InChI=1S/C28H28N10O/c1-4-25(39)36-9-10-37(19(3)15-36)28-29-14-23-26(35-28)27(32-16-30-23)34-22-6-5-21(18(2)11-22)12-20-7-8-38-24(13-20)31-17-33-38/h4-8,11,13-14,16-17,19H,1,9-10,12,15H2,2-3H3,(H,30,32,34). The van der Waals surface area contributed by atoms with Crippen molar-refractivity contribution in [1.82, 2.24) is 39.4 Å². The number of piperazine rings is 1. The number of anilines is 3. The van der Waals surface area contributed by atoms with Crippen LogP contribution in [0.25, 0.3) is 16.7 Å². The summed E-state index contributed by atoms with van der Waals surface area (Å²) in [5.41, 5.74) is 6.61. The maximum absolute atomic E-state index is 12.0. The Hall–Kier alpha value is -4.93. The molecule has 5 aromatic rings. The number of hydrogen-bond donors (Lipinski definition) is 1. The van der Waals surface area contributed by atoms with E-state index in [2.05, 4.69) is 79.9 Å². The van der Waals surface area contributed by atoms with Crippen molar-refractivity contribution in [3.8, 4) is 0 Å². The third kappa shape index (κ3) is 4.86. The molecular weight excluding hydrogens is 492 g/mol. The van der Waals surface area contributed by atoms with E-state index < -0.39 is 0 Å². The first-order chi connectivity index (χ1) is 19.0. The number of aryl methyl sites for hydroxylation is 1. The predicted octanol–water partition coefficient (Wildman–Crippen LogP) is 3.33. The molecule has 0 radical (unpaired) electrons. The van der Waals surface area contributed by atoms with Crippen molar-refractivity contribution in [2.24, 2.45) is 0 Å². The van der Waals surface area contributed by atoms with Gasteiger partial charge in [0.05, 0.1) is 6.20 Å². The third-order valence-corrected chi connectivity index (χ3v) is 7.08. The highest BCUT2D eigenvalue weighted by Gasteiger charge is 2.27. The molecule has 11 nitrogen and oxygen atoms in total. The molecule has 196 valence electrons. The van der Waals surface area contributed by atoms with Gasteiger partial charge in [-0.25, -0.2) is 29.4 Å². The van der Waals surface area contributed by atoms with E-state index in [9.17, 15) is 4.79 Å². The van der Waals surface area contributed by atoms with Crippen LogP contribution in [0.15, 0.2) is 68.0 Å². The van der Waals surface area contributed by atoms with Gasteiger partial charge in [-0.2, -0.15) is 5.10 Å². The molecule has 5 heterocycles. The smallest absolute Gasteiger partial charge is 0.246 e. The van der Waals surface area contributed by atoms with Crippen molar-refractivity contribution in [3.63, 3.8) is 0 Å². The Labute approximate surface area is 225 Å². The van der Waals surface area contributed by atoms with Gasteiger partial charge >= 0.3 is 0 Å². The SMILES string of the molecule is C=CC(=O)N1CCN(c2ncc3ncnc(Nc4ccc(Cc5ccn6ncnc6c5)c(C)c4)c3n2)C(C)C1. The fourth-order valence-electron chi connectivity index (χ4n) is 4.95. The van der Waals surface area contributed by atoms with E-state index in [-0.39, 0.29) is 11.9 Å². The van der Waals surface area contributed by atoms with Gasteiger partial charge in [0.2, 0.25) is 11.9 Å². The lowest BCUT2D eigenvalue weighted by molar-refractivity contribution is -0.126. The minimum atomic E-state index is -0.0569. The quantitative estimate of drug-likeness (QED) is 0.336. The fourth-order valence-corrected chi connectivity index (χ4v) is 4.95. The van der Waals surface area contributed by atoms with Gasteiger partial charge in [0.25, 0.3) is 0 Å². The van der Waals surface area contributed by atoms with Crippen LogP contribution in [0.4, 0.5) is 17.5 Å². The Balaban J connectivity index is 1.22. The molecule has 1 atom stereocenters. The average Bonchev–Trinajstić information content (AvgIpc) is 3.42. The van der Waals surface area contributed by atoms with Crippen molar-refractivity contribution >= 4 is 40.0 Å². The summed E-state index contributed by atoms with van der Waals surface area (Å²) in [6, 6.07) is 10.5. The number of amides is 1. The molecule has 1 fully saturated rings. The van der Waals surface area contributed by atoms with Crippen molar-refractivity contribution in [2.45, 2.75) is 26.3 Å². The van der Waals surface area contributed by atoms with Crippen LogP contribution in [-0.2, 0) is 11.2 Å². The molecule has 1 amide bonds. The van der Waals surface area contributed by atoms with E-state index in [4.69, 9.17) is 4.98 Å². The van der Waals surface area contributed by atoms with Crippen molar-refractivity contribution in [3.05, 3.63) is 84.7 Å². The van der Waals surface area contributed by atoms with Crippen molar-refractivity contribution in [2.75, 3.05) is 29.9 Å². The van der Waals surface area contributed by atoms with Gasteiger partial charge in [-0.05, 0) is 67.3 Å². The molecular formula is C28H28N10O. The number of pyridine rings is 1. The molecule has 0 aliphatic carbocycles. The van der Waals surface area contributed by atoms with Crippen LogP contribution in [0.1, 0.15) is 23.6 Å².